The van der Waals surface area contributed by atoms with Gasteiger partial charge in [-0.15, -0.1) is 0 Å². The van der Waals surface area contributed by atoms with Gasteiger partial charge < -0.3 is 0 Å². The van der Waals surface area contributed by atoms with Crippen LogP contribution in [0.5, 0.6) is 0 Å². The van der Waals surface area contributed by atoms with Gasteiger partial charge in [-0.3, -0.25) is 4.90 Å². The van der Waals surface area contributed by atoms with Gasteiger partial charge in [0.2, 0.25) is 0 Å². The van der Waals surface area contributed by atoms with Crippen LogP contribution in [-0.2, 0) is 6.54 Å². The van der Waals surface area contributed by atoms with Crippen LogP contribution in [0.25, 0.3) is 0 Å². The number of aryl methyl sites for hydroxylation is 1. The normalized spacial score (nSPS) is 20.9. The number of hydrogen-bond acceptors (Lipinski definition) is 1. The first-order chi connectivity index (χ1) is 7.55. The highest BCUT2D eigenvalue weighted by Gasteiger charge is 2.24. The van der Waals surface area contributed by atoms with Crippen molar-refractivity contribution in [1.29, 1.82) is 0 Å². The molecule has 88 valence electrons. The highest BCUT2D eigenvalue weighted by Crippen LogP contribution is 2.30. The first-order valence-corrected chi connectivity index (χ1v) is 6.33. The van der Waals surface area contributed by atoms with Crippen molar-refractivity contribution in [3.05, 3.63) is 35.4 Å². The van der Waals surface area contributed by atoms with E-state index in [1.807, 2.05) is 0 Å². The van der Waals surface area contributed by atoms with Crippen LogP contribution >= 0.6 is 0 Å². The third-order valence-corrected chi connectivity index (χ3v) is 3.74. The van der Waals surface area contributed by atoms with E-state index in [0.29, 0.717) is 5.41 Å². The molecule has 1 nitrogen and oxygen atoms in total. The molecule has 0 amide bonds. The Labute approximate surface area is 99.5 Å². The van der Waals surface area contributed by atoms with Crippen LogP contribution in [0.4, 0.5) is 0 Å². The molecule has 1 heteroatoms. The van der Waals surface area contributed by atoms with Crippen molar-refractivity contribution in [3.8, 4) is 0 Å². The lowest BCUT2D eigenvalue weighted by molar-refractivity contribution is 0.127. The molecule has 0 bridgehead atoms. The van der Waals surface area contributed by atoms with Gasteiger partial charge in [-0.25, -0.2) is 0 Å². The maximum Gasteiger partial charge on any atom is 0.0233 e. The van der Waals surface area contributed by atoms with Crippen molar-refractivity contribution in [1.82, 2.24) is 4.90 Å². The molecule has 0 spiro atoms. The smallest absolute Gasteiger partial charge is 0.0233 e. The summed E-state index contributed by atoms with van der Waals surface area (Å²) in [6, 6.07) is 8.94. The van der Waals surface area contributed by atoms with E-state index in [0.717, 1.165) is 6.54 Å². The predicted octanol–water partition coefficient (Wildman–Crippen LogP) is 3.62. The number of piperidine rings is 1. The third-order valence-electron chi connectivity index (χ3n) is 3.74. The Hall–Kier alpha value is -0.820. The molecule has 2 rings (SSSR count). The fourth-order valence-corrected chi connectivity index (χ4v) is 2.27. The largest absolute Gasteiger partial charge is 0.299 e. The minimum absolute atomic E-state index is 0.559. The second-order valence-electron chi connectivity index (χ2n) is 5.93. The molecule has 1 aliphatic rings. The van der Waals surface area contributed by atoms with Gasteiger partial charge >= 0.3 is 0 Å². The van der Waals surface area contributed by atoms with Crippen LogP contribution in [0, 0.1) is 12.3 Å². The molecule has 0 aliphatic carbocycles. The summed E-state index contributed by atoms with van der Waals surface area (Å²) < 4.78 is 0. The topological polar surface area (TPSA) is 3.24 Å². The molecular weight excluding hydrogens is 194 g/mol. The molecule has 0 atom stereocenters. The van der Waals surface area contributed by atoms with E-state index < -0.39 is 0 Å². The Morgan fingerprint density at radius 2 is 1.62 bits per heavy atom. The molecule has 1 heterocycles. The Bertz CT molecular complexity index is 327. The molecule has 16 heavy (non-hydrogen) atoms. The van der Waals surface area contributed by atoms with Crippen LogP contribution < -0.4 is 0 Å². The van der Waals surface area contributed by atoms with Gasteiger partial charge in [-0.1, -0.05) is 43.7 Å². The molecule has 0 aromatic heterocycles. The summed E-state index contributed by atoms with van der Waals surface area (Å²) in [5.41, 5.74) is 3.36. The molecule has 0 radical (unpaired) electrons. The highest BCUT2D eigenvalue weighted by atomic mass is 15.1. The monoisotopic (exact) mass is 217 g/mol. The standard InChI is InChI=1S/C15H23N/c1-13-4-6-14(7-5-13)12-16-10-8-15(2,3)9-11-16/h4-7H,8-12H2,1-3H3. The van der Waals surface area contributed by atoms with E-state index >= 15 is 0 Å². The minimum atomic E-state index is 0.559. The summed E-state index contributed by atoms with van der Waals surface area (Å²) >= 11 is 0. The number of hydrogen-bond donors (Lipinski definition) is 0. The maximum absolute atomic E-state index is 2.58. The molecule has 1 aromatic carbocycles. The summed E-state index contributed by atoms with van der Waals surface area (Å²) in [6.45, 7) is 10.5. The third kappa shape index (κ3) is 3.08. The summed E-state index contributed by atoms with van der Waals surface area (Å²) in [7, 11) is 0. The Morgan fingerprint density at radius 3 is 2.19 bits per heavy atom. The van der Waals surface area contributed by atoms with Crippen molar-refractivity contribution in [2.24, 2.45) is 5.41 Å². The maximum atomic E-state index is 2.58. The molecular formula is C15H23N. The average molecular weight is 217 g/mol. The lowest BCUT2D eigenvalue weighted by Gasteiger charge is -2.36. The van der Waals surface area contributed by atoms with E-state index in [2.05, 4.69) is 49.9 Å². The quantitative estimate of drug-likeness (QED) is 0.731. The van der Waals surface area contributed by atoms with E-state index in [4.69, 9.17) is 0 Å². The van der Waals surface area contributed by atoms with Crippen molar-refractivity contribution in [2.75, 3.05) is 13.1 Å². The number of nitrogens with zero attached hydrogens (tertiary/aromatic N) is 1. The SMILES string of the molecule is Cc1ccc(CN2CCC(C)(C)CC2)cc1. The van der Waals surface area contributed by atoms with Crippen LogP contribution in [0.1, 0.15) is 37.8 Å². The predicted molar refractivity (Wildman–Crippen MR) is 69.5 cm³/mol. The summed E-state index contributed by atoms with van der Waals surface area (Å²) in [4.78, 5) is 2.58. The molecule has 1 fully saturated rings. The first kappa shape index (κ1) is 11.7. The van der Waals surface area contributed by atoms with Gasteiger partial charge in [-0.05, 0) is 43.8 Å². The molecule has 1 saturated heterocycles. The number of rotatable bonds is 2. The molecule has 0 N–H and O–H groups in total. The van der Waals surface area contributed by atoms with Crippen LogP contribution in [0.15, 0.2) is 24.3 Å². The average Bonchev–Trinajstić information content (AvgIpc) is 2.24. The summed E-state index contributed by atoms with van der Waals surface area (Å²) in [5.74, 6) is 0. The summed E-state index contributed by atoms with van der Waals surface area (Å²) in [6.07, 6.45) is 2.66. The fourth-order valence-electron chi connectivity index (χ4n) is 2.27. The highest BCUT2D eigenvalue weighted by molar-refractivity contribution is 5.21. The van der Waals surface area contributed by atoms with E-state index in [-0.39, 0.29) is 0 Å². The number of benzene rings is 1. The zero-order valence-electron chi connectivity index (χ0n) is 10.8. The van der Waals surface area contributed by atoms with Crippen LogP contribution in [0.2, 0.25) is 0 Å². The lowest BCUT2D eigenvalue weighted by Crippen LogP contribution is -2.36. The lowest BCUT2D eigenvalue weighted by atomic mass is 9.82. The summed E-state index contributed by atoms with van der Waals surface area (Å²) in [5, 5.41) is 0. The van der Waals surface area contributed by atoms with Crippen molar-refractivity contribution >= 4 is 0 Å². The van der Waals surface area contributed by atoms with Gasteiger partial charge in [0.25, 0.3) is 0 Å². The zero-order valence-corrected chi connectivity index (χ0v) is 10.8. The molecule has 1 aliphatic heterocycles. The minimum Gasteiger partial charge on any atom is -0.299 e. The van der Waals surface area contributed by atoms with Gasteiger partial charge in [0.15, 0.2) is 0 Å². The van der Waals surface area contributed by atoms with Gasteiger partial charge in [0.05, 0.1) is 0 Å². The van der Waals surface area contributed by atoms with Gasteiger partial charge in [-0.2, -0.15) is 0 Å². The van der Waals surface area contributed by atoms with Crippen LogP contribution in [-0.4, -0.2) is 18.0 Å². The van der Waals surface area contributed by atoms with Crippen molar-refractivity contribution in [2.45, 2.75) is 40.2 Å². The van der Waals surface area contributed by atoms with Crippen molar-refractivity contribution in [3.63, 3.8) is 0 Å². The van der Waals surface area contributed by atoms with Gasteiger partial charge in [0, 0.05) is 6.54 Å². The van der Waals surface area contributed by atoms with Crippen LogP contribution in [0.3, 0.4) is 0 Å². The van der Waals surface area contributed by atoms with E-state index in [9.17, 15) is 0 Å². The second-order valence-corrected chi connectivity index (χ2v) is 5.93. The zero-order chi connectivity index (χ0) is 11.6. The molecule has 1 aromatic rings. The first-order valence-electron chi connectivity index (χ1n) is 6.33. The second kappa shape index (κ2) is 4.58. The van der Waals surface area contributed by atoms with Gasteiger partial charge in [0.1, 0.15) is 0 Å². The van der Waals surface area contributed by atoms with Crippen molar-refractivity contribution < 1.29 is 0 Å². The molecule has 0 unspecified atom stereocenters. The fraction of sp³-hybridized carbons (Fsp3) is 0.600. The Balaban J connectivity index is 1.89. The Morgan fingerprint density at radius 1 is 1.06 bits per heavy atom. The Kier molecular flexibility index (Phi) is 3.34. The van der Waals surface area contributed by atoms with E-state index in [1.54, 1.807) is 0 Å². The molecule has 0 saturated carbocycles. The number of likely N-dealkylation sites (tertiary alicyclic amines) is 1. The van der Waals surface area contributed by atoms with E-state index in [1.165, 1.54) is 37.1 Å².